The average molecular weight is 315 g/mol. The molecule has 0 saturated carbocycles. The van der Waals surface area contributed by atoms with E-state index in [4.69, 9.17) is 5.11 Å². The van der Waals surface area contributed by atoms with Gasteiger partial charge < -0.3 is 10.0 Å². The number of carboxylic acid groups (broad SMARTS) is 1. The Kier molecular flexibility index (Phi) is 4.82. The molecule has 1 heterocycles. The zero-order valence-electron chi connectivity index (χ0n) is 11.3. The second-order valence-electron chi connectivity index (χ2n) is 5.04. The summed E-state index contributed by atoms with van der Waals surface area (Å²) >= 11 is 0.420. The molecule has 1 saturated heterocycles. The number of carbonyl (C=O) groups is 2. The van der Waals surface area contributed by atoms with Gasteiger partial charge in [0.1, 0.15) is 0 Å². The molecule has 7 heteroatoms. The summed E-state index contributed by atoms with van der Waals surface area (Å²) in [5.74, 6) is -4.31. The summed E-state index contributed by atoms with van der Waals surface area (Å²) in [4.78, 5) is 25.2. The van der Waals surface area contributed by atoms with E-state index in [1.54, 1.807) is 6.92 Å². The van der Waals surface area contributed by atoms with Crippen molar-refractivity contribution in [2.75, 3.05) is 13.1 Å². The summed E-state index contributed by atoms with van der Waals surface area (Å²) in [7, 11) is 0. The van der Waals surface area contributed by atoms with Gasteiger partial charge in [-0.2, -0.15) is 8.78 Å². The zero-order valence-corrected chi connectivity index (χ0v) is 12.1. The van der Waals surface area contributed by atoms with Crippen molar-refractivity contribution in [3.63, 3.8) is 0 Å². The van der Waals surface area contributed by atoms with Crippen LogP contribution >= 0.6 is 11.8 Å². The van der Waals surface area contributed by atoms with Crippen molar-refractivity contribution in [1.82, 2.24) is 4.90 Å². The van der Waals surface area contributed by atoms with E-state index in [2.05, 4.69) is 0 Å². The second-order valence-corrected chi connectivity index (χ2v) is 6.10. The molecule has 0 aromatic heterocycles. The Morgan fingerprint density at radius 1 is 1.29 bits per heavy atom. The van der Waals surface area contributed by atoms with Crippen molar-refractivity contribution in [1.29, 1.82) is 0 Å². The molecule has 0 radical (unpaired) electrons. The summed E-state index contributed by atoms with van der Waals surface area (Å²) < 4.78 is 24.4. The standard InChI is InChI=1S/C14H15F2NO3S/c1-8-6-17(7-11(8)13(19)20)12(18)9-2-4-10(5-3-9)21-14(15)16/h2-5,8,11,14H,6-7H2,1H3,(H,19,20)/t8-,11-/m1/s1. The highest BCUT2D eigenvalue weighted by Gasteiger charge is 2.37. The van der Waals surface area contributed by atoms with E-state index in [0.717, 1.165) is 0 Å². The highest BCUT2D eigenvalue weighted by Crippen LogP contribution is 2.27. The maximum Gasteiger partial charge on any atom is 0.308 e. The van der Waals surface area contributed by atoms with Crippen LogP contribution in [-0.2, 0) is 4.79 Å². The Morgan fingerprint density at radius 2 is 1.90 bits per heavy atom. The molecule has 1 aromatic rings. The summed E-state index contributed by atoms with van der Waals surface area (Å²) in [6, 6.07) is 5.92. The van der Waals surface area contributed by atoms with E-state index in [9.17, 15) is 18.4 Å². The van der Waals surface area contributed by atoms with Gasteiger partial charge in [-0.15, -0.1) is 0 Å². The SMILES string of the molecule is C[C@@H]1CN(C(=O)c2ccc(SC(F)F)cc2)C[C@H]1C(=O)O. The molecule has 4 nitrogen and oxygen atoms in total. The predicted octanol–water partition coefficient (Wildman–Crippen LogP) is 2.79. The minimum Gasteiger partial charge on any atom is -0.481 e. The Balaban J connectivity index is 2.05. The number of halogens is 2. The smallest absolute Gasteiger partial charge is 0.308 e. The normalized spacial score (nSPS) is 21.8. The van der Waals surface area contributed by atoms with Crippen LogP contribution < -0.4 is 0 Å². The molecule has 2 rings (SSSR count). The van der Waals surface area contributed by atoms with Gasteiger partial charge in [-0.05, 0) is 30.2 Å². The predicted molar refractivity (Wildman–Crippen MR) is 74.5 cm³/mol. The fourth-order valence-corrected chi connectivity index (χ4v) is 2.91. The number of hydrogen-bond donors (Lipinski definition) is 1. The lowest BCUT2D eigenvalue weighted by Crippen LogP contribution is -2.29. The summed E-state index contributed by atoms with van der Waals surface area (Å²) in [5.41, 5.74) is 0.381. The molecule has 1 aromatic carbocycles. The van der Waals surface area contributed by atoms with Crippen molar-refractivity contribution < 1.29 is 23.5 Å². The number of likely N-dealkylation sites (tertiary alicyclic amines) is 1. The first-order valence-corrected chi connectivity index (χ1v) is 7.33. The quantitative estimate of drug-likeness (QED) is 0.868. The number of aliphatic carboxylic acids is 1. The fourth-order valence-electron chi connectivity index (χ4n) is 2.42. The molecule has 114 valence electrons. The van der Waals surface area contributed by atoms with Gasteiger partial charge in [-0.25, -0.2) is 0 Å². The lowest BCUT2D eigenvalue weighted by Gasteiger charge is -2.16. The van der Waals surface area contributed by atoms with Gasteiger partial charge in [0, 0.05) is 23.5 Å². The first-order valence-electron chi connectivity index (χ1n) is 6.45. The number of alkyl halides is 2. The average Bonchev–Trinajstić information content (AvgIpc) is 2.80. The molecule has 2 atom stereocenters. The number of carbonyl (C=O) groups excluding carboxylic acids is 1. The van der Waals surface area contributed by atoms with Crippen molar-refractivity contribution in [3.05, 3.63) is 29.8 Å². The van der Waals surface area contributed by atoms with Gasteiger partial charge in [0.25, 0.3) is 11.7 Å². The Hall–Kier alpha value is -1.63. The number of carboxylic acids is 1. The second kappa shape index (κ2) is 6.43. The van der Waals surface area contributed by atoms with Crippen molar-refractivity contribution in [2.45, 2.75) is 17.6 Å². The number of hydrogen-bond acceptors (Lipinski definition) is 3. The number of nitrogens with zero attached hydrogens (tertiary/aromatic N) is 1. The van der Waals surface area contributed by atoms with Crippen molar-refractivity contribution in [2.24, 2.45) is 11.8 Å². The first kappa shape index (κ1) is 15.8. The largest absolute Gasteiger partial charge is 0.481 e. The Bertz CT molecular complexity index is 536. The van der Waals surface area contributed by atoms with Crippen LogP contribution in [0.1, 0.15) is 17.3 Å². The lowest BCUT2D eigenvalue weighted by atomic mass is 9.99. The number of thioether (sulfide) groups is 1. The van der Waals surface area contributed by atoms with Gasteiger partial charge >= 0.3 is 5.97 Å². The van der Waals surface area contributed by atoms with E-state index in [1.807, 2.05) is 0 Å². The minimum absolute atomic E-state index is 0.0971. The maximum atomic E-state index is 12.3. The van der Waals surface area contributed by atoms with Gasteiger partial charge in [0.15, 0.2) is 0 Å². The number of rotatable bonds is 4. The molecule has 1 N–H and O–H groups in total. The van der Waals surface area contributed by atoms with Crippen molar-refractivity contribution in [3.8, 4) is 0 Å². The van der Waals surface area contributed by atoms with Gasteiger partial charge in [-0.1, -0.05) is 18.7 Å². The van der Waals surface area contributed by atoms with Crippen molar-refractivity contribution >= 4 is 23.6 Å². The van der Waals surface area contributed by atoms with Crippen LogP contribution in [0.3, 0.4) is 0 Å². The molecule has 1 fully saturated rings. The zero-order chi connectivity index (χ0) is 15.6. The summed E-state index contributed by atoms with van der Waals surface area (Å²) in [6.07, 6.45) is 0. The summed E-state index contributed by atoms with van der Waals surface area (Å²) in [6.45, 7) is 2.38. The van der Waals surface area contributed by atoms with E-state index in [-0.39, 0.29) is 18.4 Å². The number of amides is 1. The molecule has 1 amide bonds. The monoisotopic (exact) mass is 315 g/mol. The molecule has 0 bridgehead atoms. The van der Waals surface area contributed by atoms with Crippen LogP contribution in [0.25, 0.3) is 0 Å². The van der Waals surface area contributed by atoms with Crippen LogP contribution in [-0.4, -0.2) is 40.7 Å². The third-order valence-corrected chi connectivity index (χ3v) is 4.27. The highest BCUT2D eigenvalue weighted by molar-refractivity contribution is 7.99. The van der Waals surface area contributed by atoms with Crippen LogP contribution in [0, 0.1) is 11.8 Å². The fraction of sp³-hybridized carbons (Fsp3) is 0.429. The molecular formula is C14H15F2NO3S. The Labute approximate surface area is 125 Å². The first-order chi connectivity index (χ1) is 9.88. The molecule has 0 unspecified atom stereocenters. The molecule has 0 aliphatic carbocycles. The van der Waals surface area contributed by atoms with E-state index in [1.165, 1.54) is 29.2 Å². The summed E-state index contributed by atoms with van der Waals surface area (Å²) in [5, 5.41) is 9.06. The van der Waals surface area contributed by atoms with Crippen LogP contribution in [0.2, 0.25) is 0 Å². The maximum absolute atomic E-state index is 12.3. The van der Waals surface area contributed by atoms with E-state index in [0.29, 0.717) is 28.8 Å². The molecule has 1 aliphatic rings. The third kappa shape index (κ3) is 3.72. The van der Waals surface area contributed by atoms with Gasteiger partial charge in [-0.3, -0.25) is 9.59 Å². The Morgan fingerprint density at radius 3 is 2.38 bits per heavy atom. The minimum atomic E-state index is -2.50. The van der Waals surface area contributed by atoms with Gasteiger partial charge in [0.2, 0.25) is 0 Å². The molecular weight excluding hydrogens is 300 g/mol. The van der Waals surface area contributed by atoms with E-state index >= 15 is 0 Å². The van der Waals surface area contributed by atoms with Crippen LogP contribution in [0.5, 0.6) is 0 Å². The topological polar surface area (TPSA) is 57.6 Å². The van der Waals surface area contributed by atoms with Gasteiger partial charge in [0.05, 0.1) is 5.92 Å². The van der Waals surface area contributed by atoms with E-state index < -0.39 is 17.6 Å². The molecule has 1 aliphatic heterocycles. The molecule has 21 heavy (non-hydrogen) atoms. The highest BCUT2D eigenvalue weighted by atomic mass is 32.2. The van der Waals surface area contributed by atoms with Crippen LogP contribution in [0.15, 0.2) is 29.2 Å². The number of benzene rings is 1. The molecule has 0 spiro atoms. The third-order valence-electron chi connectivity index (χ3n) is 3.54. The van der Waals surface area contributed by atoms with Crippen LogP contribution in [0.4, 0.5) is 8.78 Å². The lowest BCUT2D eigenvalue weighted by molar-refractivity contribution is -0.142.